The van der Waals surface area contributed by atoms with Crippen molar-refractivity contribution in [2.24, 2.45) is 0 Å². The van der Waals surface area contributed by atoms with E-state index in [4.69, 9.17) is 9.40 Å². The average molecular weight is 429 g/mol. The summed E-state index contributed by atoms with van der Waals surface area (Å²) in [5.74, 6) is 1.34. The summed E-state index contributed by atoms with van der Waals surface area (Å²) in [4.78, 5) is 4.77. The molecular formula is C26H25FN4O. The zero-order valence-electron chi connectivity index (χ0n) is 18.0. The SMILES string of the molecule is Cc1oc(-c2ccc(-n3cccn3)cc2)nc1CC1=CC=C(NC2C=CC(F)=CC2)CC1. The number of nitrogens with zero attached hydrogens (tertiary/aromatic N) is 3. The molecule has 1 atom stereocenters. The number of oxazole rings is 1. The number of nitrogens with one attached hydrogen (secondary N) is 1. The predicted octanol–water partition coefficient (Wildman–Crippen LogP) is 5.75. The molecule has 0 amide bonds. The minimum absolute atomic E-state index is 0.154. The maximum Gasteiger partial charge on any atom is 0.226 e. The quantitative estimate of drug-likeness (QED) is 0.543. The van der Waals surface area contributed by atoms with Gasteiger partial charge in [-0.2, -0.15) is 5.10 Å². The Labute approximate surface area is 186 Å². The van der Waals surface area contributed by atoms with E-state index < -0.39 is 0 Å². The van der Waals surface area contributed by atoms with Crippen LogP contribution in [-0.2, 0) is 6.42 Å². The summed E-state index contributed by atoms with van der Waals surface area (Å²) in [6, 6.07) is 10.1. The van der Waals surface area contributed by atoms with Crippen molar-refractivity contribution in [3.8, 4) is 17.1 Å². The summed E-state index contributed by atoms with van der Waals surface area (Å²) in [5, 5.41) is 7.75. The number of aromatic nitrogens is 3. The zero-order chi connectivity index (χ0) is 21.9. The Morgan fingerprint density at radius 2 is 2.06 bits per heavy atom. The van der Waals surface area contributed by atoms with Gasteiger partial charge < -0.3 is 9.73 Å². The van der Waals surface area contributed by atoms with Crippen molar-refractivity contribution >= 4 is 0 Å². The number of allylic oxidation sites excluding steroid dienone is 6. The molecule has 2 heterocycles. The molecule has 2 aromatic heterocycles. The molecule has 32 heavy (non-hydrogen) atoms. The van der Waals surface area contributed by atoms with E-state index in [1.165, 1.54) is 17.3 Å². The van der Waals surface area contributed by atoms with Crippen LogP contribution < -0.4 is 5.32 Å². The Kier molecular flexibility index (Phi) is 5.58. The van der Waals surface area contributed by atoms with Gasteiger partial charge in [0, 0.05) is 36.1 Å². The third-order valence-electron chi connectivity index (χ3n) is 5.83. The average Bonchev–Trinajstić information content (AvgIpc) is 3.47. The van der Waals surface area contributed by atoms with E-state index in [1.54, 1.807) is 12.3 Å². The molecule has 162 valence electrons. The lowest BCUT2D eigenvalue weighted by Crippen LogP contribution is -2.27. The standard InChI is InChI=1S/C26H25FN4O/c1-18-25(17-19-3-9-22(10-4-19)29-23-11-7-21(27)8-12-23)30-26(32-18)20-5-13-24(14-6-20)31-16-2-15-28-31/h2-3,5-9,11,13-16,23,29H,4,10,12,17H2,1H3. The van der Waals surface area contributed by atoms with Gasteiger partial charge in [0.15, 0.2) is 0 Å². The molecule has 2 aliphatic rings. The summed E-state index contributed by atoms with van der Waals surface area (Å²) in [6.07, 6.45) is 16.4. The second-order valence-electron chi connectivity index (χ2n) is 8.15. The first-order valence-electron chi connectivity index (χ1n) is 10.9. The van der Waals surface area contributed by atoms with E-state index in [-0.39, 0.29) is 11.9 Å². The molecule has 6 heteroatoms. The van der Waals surface area contributed by atoms with E-state index in [0.29, 0.717) is 12.3 Å². The smallest absolute Gasteiger partial charge is 0.226 e. The second kappa shape index (κ2) is 8.83. The number of halogens is 1. The molecule has 1 N–H and O–H groups in total. The molecule has 0 bridgehead atoms. The highest BCUT2D eigenvalue weighted by atomic mass is 19.1. The molecule has 0 saturated carbocycles. The monoisotopic (exact) mass is 428 g/mol. The summed E-state index contributed by atoms with van der Waals surface area (Å²) in [7, 11) is 0. The summed E-state index contributed by atoms with van der Waals surface area (Å²) < 4.78 is 20.9. The van der Waals surface area contributed by atoms with Crippen LogP contribution in [0.15, 0.2) is 94.6 Å². The van der Waals surface area contributed by atoms with Crippen LogP contribution in [0.2, 0.25) is 0 Å². The van der Waals surface area contributed by atoms with Crippen LogP contribution in [0.5, 0.6) is 0 Å². The number of aryl methyl sites for hydroxylation is 1. The molecule has 0 spiro atoms. The van der Waals surface area contributed by atoms with Crippen LogP contribution in [0.4, 0.5) is 4.39 Å². The number of benzene rings is 1. The van der Waals surface area contributed by atoms with Crippen LogP contribution in [0.25, 0.3) is 17.1 Å². The molecule has 0 radical (unpaired) electrons. The number of hydrogen-bond donors (Lipinski definition) is 1. The Hall–Kier alpha value is -3.67. The van der Waals surface area contributed by atoms with Gasteiger partial charge in [0.1, 0.15) is 11.6 Å². The zero-order valence-corrected chi connectivity index (χ0v) is 18.0. The molecule has 0 aliphatic heterocycles. The topological polar surface area (TPSA) is 55.9 Å². The Balaban J connectivity index is 1.24. The van der Waals surface area contributed by atoms with Crippen molar-refractivity contribution in [2.75, 3.05) is 0 Å². The lowest BCUT2D eigenvalue weighted by atomic mass is 9.97. The van der Waals surface area contributed by atoms with Crippen molar-refractivity contribution in [3.05, 3.63) is 102 Å². The fraction of sp³-hybridized carbons (Fsp3) is 0.231. The van der Waals surface area contributed by atoms with E-state index in [0.717, 1.165) is 42.0 Å². The summed E-state index contributed by atoms with van der Waals surface area (Å²) >= 11 is 0. The minimum Gasteiger partial charge on any atom is -0.441 e. The van der Waals surface area contributed by atoms with Crippen LogP contribution in [0.1, 0.15) is 30.7 Å². The molecule has 5 nitrogen and oxygen atoms in total. The maximum absolute atomic E-state index is 13.1. The Morgan fingerprint density at radius 3 is 2.75 bits per heavy atom. The predicted molar refractivity (Wildman–Crippen MR) is 123 cm³/mol. The highest BCUT2D eigenvalue weighted by Crippen LogP contribution is 2.27. The highest BCUT2D eigenvalue weighted by molar-refractivity contribution is 5.56. The first-order chi connectivity index (χ1) is 15.6. The van der Waals surface area contributed by atoms with Crippen LogP contribution in [0, 0.1) is 6.92 Å². The minimum atomic E-state index is -0.154. The van der Waals surface area contributed by atoms with E-state index >= 15 is 0 Å². The molecule has 2 aliphatic carbocycles. The number of hydrogen-bond acceptors (Lipinski definition) is 4. The van der Waals surface area contributed by atoms with Gasteiger partial charge in [0.25, 0.3) is 0 Å². The van der Waals surface area contributed by atoms with E-state index in [1.807, 2.05) is 54.2 Å². The van der Waals surface area contributed by atoms with Crippen LogP contribution >= 0.6 is 0 Å². The summed E-state index contributed by atoms with van der Waals surface area (Å²) in [6.45, 7) is 1.97. The molecule has 3 aromatic rings. The van der Waals surface area contributed by atoms with Gasteiger partial charge >= 0.3 is 0 Å². The lowest BCUT2D eigenvalue weighted by molar-refractivity contribution is 0.539. The third kappa shape index (κ3) is 4.49. The molecule has 0 fully saturated rings. The van der Waals surface area contributed by atoms with Gasteiger partial charge in [0.05, 0.1) is 11.4 Å². The van der Waals surface area contributed by atoms with Gasteiger partial charge in [-0.3, -0.25) is 0 Å². The largest absolute Gasteiger partial charge is 0.441 e. The van der Waals surface area contributed by atoms with Crippen molar-refractivity contribution < 1.29 is 8.81 Å². The van der Waals surface area contributed by atoms with E-state index in [2.05, 4.69) is 22.6 Å². The van der Waals surface area contributed by atoms with Gasteiger partial charge in [-0.15, -0.1) is 0 Å². The second-order valence-corrected chi connectivity index (χ2v) is 8.15. The van der Waals surface area contributed by atoms with Gasteiger partial charge in [-0.05, 0) is 74.7 Å². The normalized spacial score (nSPS) is 18.2. The fourth-order valence-electron chi connectivity index (χ4n) is 4.00. The van der Waals surface area contributed by atoms with Gasteiger partial charge in [-0.1, -0.05) is 17.7 Å². The van der Waals surface area contributed by atoms with Gasteiger partial charge in [0.2, 0.25) is 5.89 Å². The highest BCUT2D eigenvalue weighted by Gasteiger charge is 2.16. The number of rotatable bonds is 6. The first kappa shape index (κ1) is 20.2. The van der Waals surface area contributed by atoms with E-state index in [9.17, 15) is 4.39 Å². The first-order valence-corrected chi connectivity index (χ1v) is 10.9. The fourth-order valence-corrected chi connectivity index (χ4v) is 4.00. The third-order valence-corrected chi connectivity index (χ3v) is 5.83. The Morgan fingerprint density at radius 1 is 1.19 bits per heavy atom. The van der Waals surface area contributed by atoms with Crippen LogP contribution in [-0.4, -0.2) is 20.8 Å². The van der Waals surface area contributed by atoms with Crippen LogP contribution in [0.3, 0.4) is 0 Å². The molecule has 0 saturated heterocycles. The molecular weight excluding hydrogens is 403 g/mol. The molecule has 1 unspecified atom stereocenters. The van der Waals surface area contributed by atoms with Crippen molar-refractivity contribution in [1.29, 1.82) is 0 Å². The maximum atomic E-state index is 13.1. The van der Waals surface area contributed by atoms with Gasteiger partial charge in [-0.25, -0.2) is 14.1 Å². The molecule has 1 aromatic carbocycles. The Bertz CT molecular complexity index is 1210. The summed E-state index contributed by atoms with van der Waals surface area (Å²) in [5.41, 5.74) is 5.44. The van der Waals surface area contributed by atoms with Crippen molar-refractivity contribution in [2.45, 2.75) is 38.6 Å². The molecule has 5 rings (SSSR count). The lowest BCUT2D eigenvalue weighted by Gasteiger charge is -2.22. The van der Waals surface area contributed by atoms with Crippen molar-refractivity contribution in [3.63, 3.8) is 0 Å². The van der Waals surface area contributed by atoms with Crippen molar-refractivity contribution in [1.82, 2.24) is 20.1 Å².